The van der Waals surface area contributed by atoms with Crippen LogP contribution in [0.2, 0.25) is 0 Å². The maximum atomic E-state index is 13.7. The molecule has 1 aromatic carbocycles. The zero-order valence-electron chi connectivity index (χ0n) is 22.1. The largest absolute Gasteiger partial charge is 0.388 e. The molecule has 4 fully saturated rings. The number of hydrogen-bond acceptors (Lipinski definition) is 6. The zero-order chi connectivity index (χ0) is 26.5. The highest BCUT2D eigenvalue weighted by Crippen LogP contribution is 2.50. The monoisotopic (exact) mass is 532 g/mol. The topological polar surface area (TPSA) is 101 Å². The van der Waals surface area contributed by atoms with Crippen LogP contribution >= 0.6 is 0 Å². The molecule has 2 heterocycles. The number of amides is 3. The highest BCUT2D eigenvalue weighted by molar-refractivity contribution is 7.91. The van der Waals surface area contributed by atoms with E-state index in [0.717, 1.165) is 32.1 Å². The van der Waals surface area contributed by atoms with Gasteiger partial charge in [0.2, 0.25) is 5.91 Å². The second-order valence-electron chi connectivity index (χ2n) is 11.9. The maximum absolute atomic E-state index is 13.7. The summed E-state index contributed by atoms with van der Waals surface area (Å²) in [6.07, 6.45) is 5.67. The Balaban J connectivity index is 1.36. The Kier molecular flexibility index (Phi) is 6.82. The summed E-state index contributed by atoms with van der Waals surface area (Å²) in [5.41, 5.74) is -0.130. The number of urea groups is 1. The number of hydrogen-bond donors (Lipinski definition) is 1. The van der Waals surface area contributed by atoms with E-state index in [-0.39, 0.29) is 48.6 Å². The Bertz CT molecular complexity index is 1110. The van der Waals surface area contributed by atoms with Crippen molar-refractivity contribution in [3.05, 3.63) is 35.9 Å². The molecular formula is C27H40N4O5S. The molecule has 9 nitrogen and oxygen atoms in total. The number of β-amino-alcohol motifs (C(OH)–C–C–N with tert-alkyl or cyclic N) is 1. The van der Waals surface area contributed by atoms with Crippen molar-refractivity contribution >= 4 is 21.8 Å². The second kappa shape index (κ2) is 9.54. The van der Waals surface area contributed by atoms with E-state index in [9.17, 15) is 23.1 Å². The zero-order valence-corrected chi connectivity index (χ0v) is 22.9. The van der Waals surface area contributed by atoms with Crippen molar-refractivity contribution in [2.45, 2.75) is 61.6 Å². The number of aliphatic hydroxyl groups is 1. The first-order valence-electron chi connectivity index (χ1n) is 13.5. The van der Waals surface area contributed by atoms with Gasteiger partial charge in [-0.15, -0.1) is 0 Å². The average molecular weight is 533 g/mol. The lowest BCUT2D eigenvalue weighted by molar-refractivity contribution is -0.131. The van der Waals surface area contributed by atoms with Crippen LogP contribution in [0.25, 0.3) is 0 Å². The number of nitrogens with zero attached hydrogens (tertiary/aromatic N) is 4. The van der Waals surface area contributed by atoms with Crippen molar-refractivity contribution in [3.8, 4) is 0 Å². The van der Waals surface area contributed by atoms with Gasteiger partial charge in [-0.3, -0.25) is 9.69 Å². The van der Waals surface area contributed by atoms with Crippen LogP contribution in [0, 0.1) is 0 Å². The van der Waals surface area contributed by atoms with E-state index in [1.165, 1.54) is 5.56 Å². The van der Waals surface area contributed by atoms with Crippen LogP contribution in [-0.4, -0.2) is 115 Å². The molecule has 0 unspecified atom stereocenters. The highest BCUT2D eigenvalue weighted by Gasteiger charge is 2.56. The molecule has 4 aliphatic rings. The van der Waals surface area contributed by atoms with E-state index in [2.05, 4.69) is 43.3 Å². The number of carbonyl (C=O) groups excluding carboxylic acids is 2. The van der Waals surface area contributed by atoms with E-state index in [0.29, 0.717) is 25.9 Å². The van der Waals surface area contributed by atoms with Gasteiger partial charge in [0, 0.05) is 25.2 Å². The lowest BCUT2D eigenvalue weighted by Crippen LogP contribution is -2.59. The van der Waals surface area contributed by atoms with Crippen LogP contribution in [0.4, 0.5) is 4.79 Å². The predicted octanol–water partition coefficient (Wildman–Crippen LogP) is 1.67. The van der Waals surface area contributed by atoms with Crippen molar-refractivity contribution < 1.29 is 23.1 Å². The minimum absolute atomic E-state index is 0.0259. The molecule has 1 N–H and O–H groups in total. The van der Waals surface area contributed by atoms with Crippen molar-refractivity contribution in [1.29, 1.82) is 0 Å². The van der Waals surface area contributed by atoms with Crippen LogP contribution in [0.5, 0.6) is 0 Å². The summed E-state index contributed by atoms with van der Waals surface area (Å²) in [4.78, 5) is 34.2. The summed E-state index contributed by atoms with van der Waals surface area (Å²) in [5, 5.41) is 11.0. The molecule has 2 saturated carbocycles. The van der Waals surface area contributed by atoms with Crippen LogP contribution in [0.3, 0.4) is 0 Å². The molecule has 2 aliphatic heterocycles. The van der Waals surface area contributed by atoms with Gasteiger partial charge in [0.1, 0.15) is 6.54 Å². The average Bonchev–Trinajstić information content (AvgIpc) is 3.09. The first kappa shape index (κ1) is 26.4. The summed E-state index contributed by atoms with van der Waals surface area (Å²) in [5.74, 6) is -0.255. The molecule has 2 aliphatic carbocycles. The Morgan fingerprint density at radius 1 is 1.00 bits per heavy atom. The Morgan fingerprint density at radius 3 is 2.16 bits per heavy atom. The van der Waals surface area contributed by atoms with Gasteiger partial charge < -0.3 is 19.8 Å². The third kappa shape index (κ3) is 4.88. The van der Waals surface area contributed by atoms with Crippen molar-refractivity contribution in [2.75, 3.05) is 58.3 Å². The van der Waals surface area contributed by atoms with Crippen molar-refractivity contribution in [1.82, 2.24) is 19.6 Å². The predicted molar refractivity (Wildman–Crippen MR) is 141 cm³/mol. The lowest BCUT2D eigenvalue weighted by atomic mass is 9.67. The van der Waals surface area contributed by atoms with Gasteiger partial charge in [-0.1, -0.05) is 30.3 Å². The van der Waals surface area contributed by atoms with E-state index in [1.54, 1.807) is 9.80 Å². The SMILES string of the molecule is CN(C)C1(c2ccccc2)CCC2(CC1)CN(CC(=O)N1CCS(=O)(=O)CC1)C(=O)N2CC1(O)CCC1. The summed E-state index contributed by atoms with van der Waals surface area (Å²) in [7, 11) is 1.14. The number of benzene rings is 1. The van der Waals surface area contributed by atoms with Crippen LogP contribution < -0.4 is 0 Å². The van der Waals surface area contributed by atoms with Gasteiger partial charge >= 0.3 is 6.03 Å². The van der Waals surface area contributed by atoms with Gasteiger partial charge in [0.25, 0.3) is 0 Å². The molecule has 2 saturated heterocycles. The van der Waals surface area contributed by atoms with Crippen LogP contribution in [0.1, 0.15) is 50.5 Å². The van der Waals surface area contributed by atoms with Gasteiger partial charge in [-0.05, 0) is 64.6 Å². The van der Waals surface area contributed by atoms with E-state index >= 15 is 0 Å². The number of carbonyl (C=O) groups is 2. The normalized spacial score (nSPS) is 31.1. The fourth-order valence-corrected chi connectivity index (χ4v) is 8.00. The van der Waals surface area contributed by atoms with Crippen LogP contribution in [-0.2, 0) is 20.2 Å². The molecule has 1 spiro atoms. The Hall–Kier alpha value is -2.17. The molecule has 204 valence electrons. The quantitative estimate of drug-likeness (QED) is 0.598. The minimum atomic E-state index is -3.09. The van der Waals surface area contributed by atoms with Crippen molar-refractivity contribution in [2.24, 2.45) is 0 Å². The number of sulfone groups is 1. The summed E-state index contributed by atoms with van der Waals surface area (Å²) in [6.45, 7) is 1.07. The summed E-state index contributed by atoms with van der Waals surface area (Å²) >= 11 is 0. The van der Waals surface area contributed by atoms with E-state index in [4.69, 9.17) is 0 Å². The van der Waals surface area contributed by atoms with Gasteiger partial charge in [-0.25, -0.2) is 13.2 Å². The fraction of sp³-hybridized carbons (Fsp3) is 0.704. The maximum Gasteiger partial charge on any atom is 0.321 e. The molecule has 0 aromatic heterocycles. The van der Waals surface area contributed by atoms with Crippen LogP contribution in [0.15, 0.2) is 30.3 Å². The summed E-state index contributed by atoms with van der Waals surface area (Å²) < 4.78 is 23.6. The molecule has 0 radical (unpaired) electrons. The third-order valence-corrected chi connectivity index (χ3v) is 11.1. The number of rotatable bonds is 6. The smallest absolute Gasteiger partial charge is 0.321 e. The molecular weight excluding hydrogens is 492 g/mol. The van der Waals surface area contributed by atoms with Gasteiger partial charge in [0.15, 0.2) is 9.84 Å². The minimum Gasteiger partial charge on any atom is -0.388 e. The van der Waals surface area contributed by atoms with Gasteiger partial charge in [0.05, 0.1) is 29.2 Å². The van der Waals surface area contributed by atoms with Crippen molar-refractivity contribution in [3.63, 3.8) is 0 Å². The first-order valence-corrected chi connectivity index (χ1v) is 15.3. The molecule has 3 amide bonds. The van der Waals surface area contributed by atoms with E-state index < -0.39 is 21.0 Å². The molecule has 10 heteroatoms. The molecule has 37 heavy (non-hydrogen) atoms. The highest BCUT2D eigenvalue weighted by atomic mass is 32.2. The lowest BCUT2D eigenvalue weighted by Gasteiger charge is -2.52. The second-order valence-corrected chi connectivity index (χ2v) is 14.2. The Morgan fingerprint density at radius 2 is 1.62 bits per heavy atom. The standard InChI is InChI=1S/C27H40N4O5S/c1-28(2)27(22-7-4-3-5-8-22)13-11-25(12-14-27)20-30(24(33)31(25)21-26(34)9-6-10-26)19-23(32)29-15-17-37(35,36)18-16-29/h3-5,7-8,34H,6,9-21H2,1-2H3. The third-order valence-electron chi connectivity index (χ3n) is 9.49. The van der Waals surface area contributed by atoms with Gasteiger partial charge in [-0.2, -0.15) is 0 Å². The molecule has 0 atom stereocenters. The molecule has 0 bridgehead atoms. The molecule has 1 aromatic rings. The fourth-order valence-electron chi connectivity index (χ4n) is 6.80. The summed E-state index contributed by atoms with van der Waals surface area (Å²) in [6, 6.07) is 10.3. The Labute approximate surface area is 220 Å². The van der Waals surface area contributed by atoms with E-state index in [1.807, 2.05) is 11.0 Å². The molecule has 5 rings (SSSR count). The first-order chi connectivity index (χ1) is 17.5.